The lowest BCUT2D eigenvalue weighted by Crippen LogP contribution is -2.40. The summed E-state index contributed by atoms with van der Waals surface area (Å²) < 4.78 is 71.3. The average molecular weight is 1830 g/mol. The molecule has 654 valence electrons. The van der Waals surface area contributed by atoms with E-state index in [1.807, 2.05) is 16.5 Å². The number of carbonyl (C=O) groups excluding carboxylic acids is 5. The molecule has 0 bridgehead atoms. The quantitative estimate of drug-likeness (QED) is 0.0152. The Morgan fingerprint density at radius 2 is 0.766 bits per heavy atom. The molecule has 45 heteroatoms. The second kappa shape index (κ2) is 46.6. The van der Waals surface area contributed by atoms with Gasteiger partial charge in [-0.15, -0.1) is 30.6 Å². The van der Waals surface area contributed by atoms with Crippen molar-refractivity contribution in [3.8, 4) is 17.2 Å². The number of amides is 5. The van der Waals surface area contributed by atoms with E-state index in [1.54, 1.807) is 94.5 Å². The maximum atomic E-state index is 14.2. The molecule has 0 aliphatic carbocycles. The number of anilines is 6. The van der Waals surface area contributed by atoms with Crippen molar-refractivity contribution in [3.05, 3.63) is 225 Å². The van der Waals surface area contributed by atoms with Crippen LogP contribution in [-0.4, -0.2) is 207 Å². The Bertz CT molecular complexity index is 5210. The van der Waals surface area contributed by atoms with Crippen LogP contribution in [0, 0.1) is 17.5 Å². The molecule has 6 aromatic carbocycles. The number of hydrogen-bond donors (Lipinski definition) is 11. The minimum Gasteiger partial charge on any atom is -0.482 e. The molecule has 5 amide bonds. The number of ether oxygens (including phenoxy) is 3. The zero-order valence-electron chi connectivity index (χ0n) is 68.2. The first-order valence-electron chi connectivity index (χ1n) is 39.0. The number of benzene rings is 6. The van der Waals surface area contributed by atoms with Gasteiger partial charge in [0.1, 0.15) is 23.6 Å². The minimum atomic E-state index is -1.28. The van der Waals surface area contributed by atoms with Crippen LogP contribution in [0.2, 0.25) is 71.1 Å². The topological polar surface area (TPSA) is 438 Å². The van der Waals surface area contributed by atoms with Crippen LogP contribution in [0.25, 0.3) is 0 Å². The molecule has 124 heavy (non-hydrogen) atoms. The number of nitrogens with one attached hydrogen (secondary N) is 5. The lowest BCUT2D eigenvalue weighted by Gasteiger charge is -2.24. The van der Waals surface area contributed by atoms with Gasteiger partial charge in [0.2, 0.25) is 12.6 Å². The zero-order valence-corrected chi connectivity index (χ0v) is 72.7. The van der Waals surface area contributed by atoms with Gasteiger partial charge in [0.15, 0.2) is 51.8 Å². The van der Waals surface area contributed by atoms with E-state index in [4.69, 9.17) is 115 Å². The Morgan fingerprint density at radius 1 is 0.427 bits per heavy atom. The van der Waals surface area contributed by atoms with Gasteiger partial charge in [-0.1, -0.05) is 96.9 Å². The van der Waals surface area contributed by atoms with Gasteiger partial charge >= 0.3 is 20.1 Å². The summed E-state index contributed by atoms with van der Waals surface area (Å²) in [5.74, 6) is -5.69. The van der Waals surface area contributed by atoms with E-state index in [-0.39, 0.29) is 137 Å². The average Bonchev–Trinajstić information content (AvgIpc) is 0.831. The third kappa shape index (κ3) is 27.6. The molecule has 3 aromatic heterocycles. The minimum absolute atomic E-state index is 0.0396. The van der Waals surface area contributed by atoms with E-state index in [9.17, 15) is 52.0 Å². The number of nitrogens with two attached hydrogens (primary N) is 3. The highest BCUT2D eigenvalue weighted by Crippen LogP contribution is 2.41. The molecule has 0 saturated carbocycles. The second-order valence-electron chi connectivity index (χ2n) is 28.6. The number of aromatic nitrogens is 6. The molecule has 3 atom stereocenters. The van der Waals surface area contributed by atoms with Gasteiger partial charge in [-0.25, -0.2) is 18.0 Å². The Hall–Kier alpha value is -10.4. The molecule has 12 rings (SSSR count). The van der Waals surface area contributed by atoms with Crippen LogP contribution in [0.15, 0.2) is 127 Å². The van der Waals surface area contributed by atoms with Gasteiger partial charge in [0, 0.05) is 109 Å². The van der Waals surface area contributed by atoms with E-state index >= 15 is 0 Å². The molecular weight excluding hydrogens is 1740 g/mol. The number of aromatic carboxylic acids is 1. The van der Waals surface area contributed by atoms with Crippen LogP contribution in [0.1, 0.15) is 124 Å². The largest absolute Gasteiger partial charge is 0.482 e. The van der Waals surface area contributed by atoms with Crippen LogP contribution in [0.3, 0.4) is 0 Å². The number of nitrogens with zero attached hydrogens (tertiary/aromatic N) is 10. The molecule has 32 nitrogen and oxygen atoms in total. The SMILES string of the molecule is CB(C)O[C@@H](Oc1cc(C(=O)Nc2ccc(C(=O)N3CCCN(B(C)O)CC3)cc2)nnc1N)c1c(Cl)ccc(F)c1Cl.CB(C)O[C@@H](Oc1cc(C(=O)Nc2ccc(C(=O)O)cc2)nnc1N)c1c(Cl)ccc(F)c1Cl.CB(O)N1CCCNCC1.C[C@@H](Oc1cc(C(=O)Nc2ccc(C(=O)N3CCCNCC3)cc2)nnc1N)c1c(Cl)ccc(F)c1Cl. The van der Waals surface area contributed by atoms with Gasteiger partial charge in [0.05, 0.1) is 41.8 Å². The highest BCUT2D eigenvalue weighted by Gasteiger charge is 2.32. The number of carboxylic acids is 1. The first kappa shape index (κ1) is 97.5. The standard InChI is InChI=1S/C27H31B2Cl2FN6O5.C25H25Cl2FN6O3.C21H18BCl2FN4O5.C6H15BN2O/c1-28(2)43-27(22-18(30)9-10-19(32)23(22)31)42-21-15-20(35-36-24(21)33)25(39)34-17-7-5-16(6-8-17)26(40)37-11-4-12-38(14-13-37)29(3)41;1-14(21-17(26)7-8-18(28)22(21)27)37-20-13-19(32-33-23(20)29)24(35)31-16-5-3-15(4-6-16)25(36)34-11-2-9-30-10-12-34;1-22(2)34-21(16-12(23)7-8-13(25)17(16)24)33-15-9-14(28-29-18(15)26)19(30)27-11-5-3-10(4-6-11)20(31)32;1-7(10)9-5-2-3-8-4-6-9/h5-10,15,27,41H,4,11-14H2,1-3H3,(H2,33,36)(H,34,39);3-8,13-14,30H,2,9-12H2,1H3,(H2,29,33)(H,31,35);3-9,21H,1-2H3,(H2,26,29)(H,27,30)(H,31,32);8,10H,2-6H2,1H3/t27-;14-;21-;/m111./s1. The van der Waals surface area contributed by atoms with Gasteiger partial charge in [-0.3, -0.25) is 24.0 Å². The monoisotopic (exact) mass is 1820 g/mol. The number of hydrogen-bond acceptors (Lipinski definition) is 26. The Balaban J connectivity index is 0.000000200. The smallest absolute Gasteiger partial charge is 0.376 e. The van der Waals surface area contributed by atoms with E-state index in [0.29, 0.717) is 67.5 Å². The molecule has 3 aliphatic heterocycles. The predicted octanol–water partition coefficient (Wildman–Crippen LogP) is 12.9. The van der Waals surface area contributed by atoms with Crippen molar-refractivity contribution in [3.63, 3.8) is 0 Å². The Labute approximate surface area is 744 Å². The third-order valence-electron chi connectivity index (χ3n) is 18.8. The summed E-state index contributed by atoms with van der Waals surface area (Å²) in [6.07, 6.45) is -0.557. The van der Waals surface area contributed by atoms with Crippen molar-refractivity contribution in [2.24, 2.45) is 0 Å². The van der Waals surface area contributed by atoms with Crippen LogP contribution in [0.5, 0.6) is 17.2 Å². The van der Waals surface area contributed by atoms with Crippen molar-refractivity contribution < 1.29 is 80.6 Å². The van der Waals surface area contributed by atoms with Gasteiger partial charge < -0.3 is 102 Å². The van der Waals surface area contributed by atoms with Crippen LogP contribution < -0.4 is 58.0 Å². The summed E-state index contributed by atoms with van der Waals surface area (Å²) in [5, 5.41) is 65.0. The maximum absolute atomic E-state index is 14.2. The fourth-order valence-electron chi connectivity index (χ4n) is 12.3. The van der Waals surface area contributed by atoms with E-state index in [0.717, 1.165) is 76.7 Å². The maximum Gasteiger partial charge on any atom is 0.376 e. The summed E-state index contributed by atoms with van der Waals surface area (Å²) in [5.41, 5.74) is 20.0. The molecule has 3 fully saturated rings. The van der Waals surface area contributed by atoms with Crippen molar-refractivity contribution >= 4 is 168 Å². The molecule has 14 N–H and O–H groups in total. The lowest BCUT2D eigenvalue weighted by molar-refractivity contribution is 0.00217. The van der Waals surface area contributed by atoms with Crippen molar-refractivity contribution in [2.75, 3.05) is 112 Å². The molecule has 0 spiro atoms. The number of carbonyl (C=O) groups is 6. The van der Waals surface area contributed by atoms with Crippen LogP contribution in [-0.2, 0) is 9.31 Å². The van der Waals surface area contributed by atoms with Crippen molar-refractivity contribution in [1.82, 2.24) is 60.6 Å². The molecule has 3 saturated heterocycles. The fraction of sp³-hybridized carbons (Fsp3) is 0.316. The fourth-order valence-corrected chi connectivity index (χ4v) is 14.1. The molecule has 0 unspecified atom stereocenters. The molecule has 3 aliphatic rings. The summed E-state index contributed by atoms with van der Waals surface area (Å²) in [6.45, 7) is 20.8. The highest BCUT2D eigenvalue weighted by atomic mass is 35.5. The summed E-state index contributed by atoms with van der Waals surface area (Å²) in [7, 11) is -0.841. The number of nitrogen functional groups attached to an aromatic ring is 3. The Kier molecular flexibility index (Phi) is 36.6. The third-order valence-corrected chi connectivity index (χ3v) is 20.9. The summed E-state index contributed by atoms with van der Waals surface area (Å²) in [4.78, 5) is 82.8. The summed E-state index contributed by atoms with van der Waals surface area (Å²) in [6, 6.07) is 29.8. The van der Waals surface area contributed by atoms with Crippen molar-refractivity contribution in [2.45, 2.75) is 85.8 Å². The number of halogens is 9. The van der Waals surface area contributed by atoms with Gasteiger partial charge in [-0.2, -0.15) is 0 Å². The van der Waals surface area contributed by atoms with Crippen LogP contribution >= 0.6 is 69.6 Å². The Morgan fingerprint density at radius 3 is 1.16 bits per heavy atom. The lowest BCUT2D eigenvalue weighted by atomic mass is 9.75. The normalized spacial score (nSPS) is 14.3. The molecular formula is C79H89B4Cl6F3N18O14. The number of rotatable bonds is 24. The highest BCUT2D eigenvalue weighted by molar-refractivity contribution is 6.49. The predicted molar refractivity (Wildman–Crippen MR) is 474 cm³/mol. The number of carboxylic acid groups (broad SMARTS) is 1. The van der Waals surface area contributed by atoms with Crippen LogP contribution in [0.4, 0.5) is 47.7 Å². The molecule has 0 radical (unpaired) electrons. The van der Waals surface area contributed by atoms with E-state index in [2.05, 4.69) is 62.0 Å². The van der Waals surface area contributed by atoms with Gasteiger partial charge in [-0.05, 0) is 175 Å². The summed E-state index contributed by atoms with van der Waals surface area (Å²) >= 11 is 37.0. The van der Waals surface area contributed by atoms with Crippen molar-refractivity contribution in [1.29, 1.82) is 0 Å². The second-order valence-corrected chi connectivity index (χ2v) is 31.0. The van der Waals surface area contributed by atoms with E-state index in [1.165, 1.54) is 60.7 Å². The first-order chi connectivity index (χ1) is 59.0. The first-order valence-corrected chi connectivity index (χ1v) is 41.2. The van der Waals surface area contributed by atoms with E-state index < -0.39 is 66.9 Å². The zero-order chi connectivity index (χ0) is 90.2. The van der Waals surface area contributed by atoms with Gasteiger partial charge in [0.25, 0.3) is 43.4 Å². The molecule has 9 aromatic rings. The molecule has 6 heterocycles.